The zero-order chi connectivity index (χ0) is 25.3. The summed E-state index contributed by atoms with van der Waals surface area (Å²) in [4.78, 5) is 24.2. The highest BCUT2D eigenvalue weighted by atomic mass is 31.2. The van der Waals surface area contributed by atoms with Gasteiger partial charge in [-0.3, -0.25) is 14.7 Å². The third-order valence-corrected chi connectivity index (χ3v) is 7.44. The van der Waals surface area contributed by atoms with Crippen LogP contribution in [0.25, 0.3) is 0 Å². The minimum atomic E-state index is -3.87. The van der Waals surface area contributed by atoms with E-state index in [0.29, 0.717) is 23.6 Å². The van der Waals surface area contributed by atoms with E-state index >= 15 is 0 Å². The Morgan fingerprint density at radius 1 is 1.09 bits per heavy atom. The molecule has 11 heteroatoms. The first-order chi connectivity index (χ1) is 16.2. The molecule has 0 saturated carbocycles. The van der Waals surface area contributed by atoms with Gasteiger partial charge in [0.1, 0.15) is 6.61 Å². The quantitative estimate of drug-likeness (QED) is 0.132. The van der Waals surface area contributed by atoms with E-state index in [-0.39, 0.29) is 43.0 Å². The molecule has 0 aromatic heterocycles. The second-order valence-electron chi connectivity index (χ2n) is 7.54. The molecule has 0 fully saturated rings. The van der Waals surface area contributed by atoms with Crippen molar-refractivity contribution in [2.24, 2.45) is 0 Å². The SMILES string of the molecule is CCCOCCOC(=O)C1=C(C)NC(C)=C(P(=O)(OCC)OCC)C1c1cccc([N+](=O)[O-])c1. The van der Waals surface area contributed by atoms with Crippen molar-refractivity contribution in [3.63, 3.8) is 0 Å². The Kier molecular flexibility index (Phi) is 10.4. The van der Waals surface area contributed by atoms with Gasteiger partial charge in [0.2, 0.25) is 0 Å². The largest absolute Gasteiger partial charge is 0.460 e. The summed E-state index contributed by atoms with van der Waals surface area (Å²) in [5.74, 6) is -1.58. The number of nitrogens with one attached hydrogen (secondary N) is 1. The molecule has 0 aliphatic carbocycles. The number of carbonyl (C=O) groups excluding carboxylic acids is 1. The van der Waals surface area contributed by atoms with Gasteiger partial charge < -0.3 is 23.8 Å². The monoisotopic (exact) mass is 496 g/mol. The normalized spacial score (nSPS) is 16.4. The summed E-state index contributed by atoms with van der Waals surface area (Å²) in [6.45, 7) is 9.77. The first-order valence-electron chi connectivity index (χ1n) is 11.3. The minimum Gasteiger partial charge on any atom is -0.460 e. The van der Waals surface area contributed by atoms with Gasteiger partial charge in [0, 0.05) is 30.1 Å². The van der Waals surface area contributed by atoms with Gasteiger partial charge in [-0.05, 0) is 39.7 Å². The van der Waals surface area contributed by atoms with Crippen LogP contribution in [0.1, 0.15) is 52.5 Å². The van der Waals surface area contributed by atoms with Crippen molar-refractivity contribution in [2.45, 2.75) is 47.0 Å². The number of dihydropyridines is 1. The van der Waals surface area contributed by atoms with E-state index < -0.39 is 24.4 Å². The summed E-state index contributed by atoms with van der Waals surface area (Å²) in [6.07, 6.45) is 0.842. The minimum absolute atomic E-state index is 0.0316. The molecule has 1 atom stereocenters. The highest BCUT2D eigenvalue weighted by molar-refractivity contribution is 7.58. The zero-order valence-electron chi connectivity index (χ0n) is 20.3. The fraction of sp³-hybridized carbons (Fsp3) is 0.522. The van der Waals surface area contributed by atoms with Gasteiger partial charge in [-0.1, -0.05) is 19.1 Å². The number of benzene rings is 1. The molecular formula is C23H33N2O8P. The van der Waals surface area contributed by atoms with Crippen LogP contribution in [0.15, 0.2) is 46.5 Å². The number of nitrogens with zero attached hydrogens (tertiary/aromatic N) is 1. The Morgan fingerprint density at radius 3 is 2.35 bits per heavy atom. The van der Waals surface area contributed by atoms with Crippen LogP contribution in [-0.2, 0) is 27.9 Å². The second kappa shape index (κ2) is 12.8. The number of allylic oxidation sites excluding steroid dienone is 3. The predicted octanol–water partition coefficient (Wildman–Crippen LogP) is 5.02. The molecule has 0 bridgehead atoms. The third kappa shape index (κ3) is 6.54. The van der Waals surface area contributed by atoms with Crippen LogP contribution >= 0.6 is 7.60 Å². The Hall–Kier alpha value is -2.52. The average molecular weight is 496 g/mol. The van der Waals surface area contributed by atoms with E-state index in [1.807, 2.05) is 6.92 Å². The van der Waals surface area contributed by atoms with Crippen molar-refractivity contribution in [2.75, 3.05) is 33.0 Å². The standard InChI is InChI=1S/C23H33N2O8P/c1-6-12-30-13-14-31-23(26)20-16(4)24-17(5)22(34(29,32-7-2)33-8-3)21(20)18-10-9-11-19(15-18)25(27)28/h9-11,15,21,24H,6-8,12-14H2,1-5H3. The van der Waals surface area contributed by atoms with Gasteiger partial charge in [0.15, 0.2) is 0 Å². The van der Waals surface area contributed by atoms with Gasteiger partial charge in [0.25, 0.3) is 5.69 Å². The molecule has 1 heterocycles. The molecule has 0 spiro atoms. The predicted molar refractivity (Wildman–Crippen MR) is 127 cm³/mol. The molecular weight excluding hydrogens is 463 g/mol. The average Bonchev–Trinajstić information content (AvgIpc) is 2.78. The zero-order valence-corrected chi connectivity index (χ0v) is 21.2. The van der Waals surface area contributed by atoms with Crippen LogP contribution < -0.4 is 5.32 Å². The van der Waals surface area contributed by atoms with Gasteiger partial charge in [-0.15, -0.1) is 0 Å². The molecule has 10 nitrogen and oxygen atoms in total. The lowest BCUT2D eigenvalue weighted by Crippen LogP contribution is -2.30. The Balaban J connectivity index is 2.60. The second-order valence-corrected chi connectivity index (χ2v) is 9.53. The van der Waals surface area contributed by atoms with Crippen molar-refractivity contribution in [3.05, 3.63) is 62.2 Å². The molecule has 34 heavy (non-hydrogen) atoms. The number of nitro groups is 1. The molecule has 1 aromatic rings. The molecule has 1 aliphatic rings. The Labute approximate surface area is 200 Å². The van der Waals surface area contributed by atoms with Crippen LogP contribution in [0.5, 0.6) is 0 Å². The van der Waals surface area contributed by atoms with Crippen LogP contribution in [0.3, 0.4) is 0 Å². The van der Waals surface area contributed by atoms with Gasteiger partial charge in [-0.2, -0.15) is 0 Å². The molecule has 1 aliphatic heterocycles. The maximum absolute atomic E-state index is 13.9. The van der Waals surface area contributed by atoms with E-state index in [0.717, 1.165) is 6.42 Å². The number of esters is 1. The summed E-state index contributed by atoms with van der Waals surface area (Å²) >= 11 is 0. The number of rotatable bonds is 13. The van der Waals surface area contributed by atoms with Crippen LogP contribution in [-0.4, -0.2) is 43.9 Å². The van der Waals surface area contributed by atoms with Crippen molar-refractivity contribution in [1.29, 1.82) is 0 Å². The number of hydrogen-bond acceptors (Lipinski definition) is 9. The molecule has 0 radical (unpaired) electrons. The molecule has 1 unspecified atom stereocenters. The summed E-state index contributed by atoms with van der Waals surface area (Å²) in [7, 11) is -3.87. The first-order valence-corrected chi connectivity index (χ1v) is 12.8. The molecule has 1 N–H and O–H groups in total. The van der Waals surface area contributed by atoms with Gasteiger partial charge >= 0.3 is 13.6 Å². The van der Waals surface area contributed by atoms with E-state index in [9.17, 15) is 19.5 Å². The van der Waals surface area contributed by atoms with Crippen molar-refractivity contribution >= 4 is 19.3 Å². The highest BCUT2D eigenvalue weighted by Crippen LogP contribution is 2.64. The van der Waals surface area contributed by atoms with Gasteiger partial charge in [-0.25, -0.2) is 4.79 Å². The van der Waals surface area contributed by atoms with E-state index in [1.165, 1.54) is 18.2 Å². The fourth-order valence-corrected chi connectivity index (χ4v) is 5.89. The smallest absolute Gasteiger partial charge is 0.360 e. The van der Waals surface area contributed by atoms with E-state index in [4.69, 9.17) is 18.5 Å². The molecule has 188 valence electrons. The summed E-state index contributed by atoms with van der Waals surface area (Å²) < 4.78 is 36.0. The number of carbonyl (C=O) groups is 1. The van der Waals surface area contributed by atoms with Crippen molar-refractivity contribution in [1.82, 2.24) is 5.32 Å². The third-order valence-electron chi connectivity index (χ3n) is 5.06. The van der Waals surface area contributed by atoms with Crippen molar-refractivity contribution < 1.29 is 32.8 Å². The maximum atomic E-state index is 13.9. The molecule has 1 aromatic carbocycles. The Morgan fingerprint density at radius 2 is 1.76 bits per heavy atom. The lowest BCUT2D eigenvalue weighted by Gasteiger charge is -2.34. The summed E-state index contributed by atoms with van der Waals surface area (Å²) in [5.41, 5.74) is 1.39. The van der Waals surface area contributed by atoms with Crippen LogP contribution in [0, 0.1) is 10.1 Å². The van der Waals surface area contributed by atoms with Gasteiger partial charge in [0.05, 0.1) is 41.5 Å². The Bertz CT molecular complexity index is 994. The molecule has 0 amide bonds. The molecule has 2 rings (SSSR count). The number of non-ortho nitro benzene ring substituents is 1. The number of nitro benzene ring substituents is 1. The number of hydrogen-bond donors (Lipinski definition) is 1. The first kappa shape index (κ1) is 27.7. The fourth-order valence-electron chi connectivity index (χ4n) is 3.79. The van der Waals surface area contributed by atoms with Crippen molar-refractivity contribution in [3.8, 4) is 0 Å². The lowest BCUT2D eigenvalue weighted by atomic mass is 9.86. The number of ether oxygens (including phenoxy) is 2. The maximum Gasteiger partial charge on any atom is 0.360 e. The van der Waals surface area contributed by atoms with E-state index in [1.54, 1.807) is 33.8 Å². The summed E-state index contributed by atoms with van der Waals surface area (Å²) in [6, 6.07) is 5.87. The van der Waals surface area contributed by atoms with Crippen LogP contribution in [0.2, 0.25) is 0 Å². The van der Waals surface area contributed by atoms with E-state index in [2.05, 4.69) is 5.32 Å². The topological polar surface area (TPSA) is 126 Å². The summed E-state index contributed by atoms with van der Waals surface area (Å²) in [5, 5.41) is 14.8. The van der Waals surface area contributed by atoms with Crippen LogP contribution in [0.4, 0.5) is 5.69 Å². The molecule has 0 saturated heterocycles. The highest BCUT2D eigenvalue weighted by Gasteiger charge is 2.44. The lowest BCUT2D eigenvalue weighted by molar-refractivity contribution is -0.384.